The third kappa shape index (κ3) is 3.14. The first-order valence-corrected chi connectivity index (χ1v) is 10.1. The number of carboxylic acid groups (broad SMARTS) is 1. The SMILES string of the molecule is CC[C@]1(C(=O)O)N[C@H](c2cc(OC)ccc2O)[C@@H]2C(=O)N(Cc3ccccc3)C(=O)[C@H]21. The van der Waals surface area contributed by atoms with Gasteiger partial charge in [0.1, 0.15) is 17.0 Å². The minimum Gasteiger partial charge on any atom is -0.508 e. The lowest BCUT2D eigenvalue weighted by atomic mass is 9.78. The van der Waals surface area contributed by atoms with Crippen LogP contribution >= 0.6 is 0 Å². The number of phenols is 1. The fourth-order valence-corrected chi connectivity index (χ4v) is 4.83. The lowest BCUT2D eigenvalue weighted by Gasteiger charge is -2.30. The number of rotatable bonds is 6. The summed E-state index contributed by atoms with van der Waals surface area (Å²) in [6, 6.07) is 12.8. The molecule has 2 heterocycles. The molecule has 4 rings (SSSR count). The van der Waals surface area contributed by atoms with Crippen molar-refractivity contribution in [3.05, 3.63) is 59.7 Å². The molecular weight excluding hydrogens is 400 g/mol. The van der Waals surface area contributed by atoms with Crippen molar-refractivity contribution in [1.82, 2.24) is 10.2 Å². The lowest BCUT2D eigenvalue weighted by molar-refractivity contribution is -0.151. The summed E-state index contributed by atoms with van der Waals surface area (Å²) in [5.74, 6) is -3.84. The maximum Gasteiger partial charge on any atom is 0.324 e. The van der Waals surface area contributed by atoms with Crippen molar-refractivity contribution >= 4 is 17.8 Å². The molecule has 162 valence electrons. The number of methoxy groups -OCH3 is 1. The van der Waals surface area contributed by atoms with Gasteiger partial charge in [-0.1, -0.05) is 37.3 Å². The van der Waals surface area contributed by atoms with Crippen molar-refractivity contribution < 1.29 is 29.3 Å². The Morgan fingerprint density at radius 3 is 2.48 bits per heavy atom. The van der Waals surface area contributed by atoms with Gasteiger partial charge in [0.2, 0.25) is 11.8 Å². The number of fused-ring (bicyclic) bond motifs is 1. The van der Waals surface area contributed by atoms with E-state index in [0.29, 0.717) is 11.3 Å². The zero-order valence-electron chi connectivity index (χ0n) is 17.2. The van der Waals surface area contributed by atoms with Crippen LogP contribution in [0.1, 0.15) is 30.5 Å². The van der Waals surface area contributed by atoms with Crippen molar-refractivity contribution in [2.45, 2.75) is 31.5 Å². The molecule has 31 heavy (non-hydrogen) atoms. The highest BCUT2D eigenvalue weighted by Gasteiger charge is 2.68. The molecule has 0 bridgehead atoms. The molecule has 3 N–H and O–H groups in total. The number of carboxylic acids is 1. The number of imide groups is 1. The summed E-state index contributed by atoms with van der Waals surface area (Å²) < 4.78 is 5.24. The first-order chi connectivity index (χ1) is 14.8. The number of benzene rings is 2. The number of likely N-dealkylation sites (tertiary alicyclic amines) is 1. The van der Waals surface area contributed by atoms with E-state index >= 15 is 0 Å². The first-order valence-electron chi connectivity index (χ1n) is 10.1. The molecule has 2 aromatic carbocycles. The van der Waals surface area contributed by atoms with Gasteiger partial charge in [-0.3, -0.25) is 24.6 Å². The molecule has 0 unspecified atom stereocenters. The van der Waals surface area contributed by atoms with E-state index in [1.807, 2.05) is 30.3 Å². The van der Waals surface area contributed by atoms with E-state index in [4.69, 9.17) is 4.74 Å². The predicted molar refractivity (Wildman–Crippen MR) is 110 cm³/mol. The molecule has 2 aliphatic heterocycles. The molecule has 0 aromatic heterocycles. The Balaban J connectivity index is 1.81. The number of nitrogens with zero attached hydrogens (tertiary/aromatic N) is 1. The summed E-state index contributed by atoms with van der Waals surface area (Å²) in [5.41, 5.74) is -0.521. The summed E-state index contributed by atoms with van der Waals surface area (Å²) in [4.78, 5) is 40.3. The van der Waals surface area contributed by atoms with E-state index in [-0.39, 0.29) is 18.7 Å². The second-order valence-corrected chi connectivity index (χ2v) is 7.93. The number of carbonyl (C=O) groups excluding carboxylic acids is 2. The minimum absolute atomic E-state index is 0.0712. The minimum atomic E-state index is -1.62. The van der Waals surface area contributed by atoms with Gasteiger partial charge in [-0.05, 0) is 30.2 Å². The van der Waals surface area contributed by atoms with E-state index in [1.165, 1.54) is 13.2 Å². The van der Waals surface area contributed by atoms with Gasteiger partial charge in [0.25, 0.3) is 0 Å². The van der Waals surface area contributed by atoms with Crippen LogP contribution in [0.25, 0.3) is 0 Å². The number of carbonyl (C=O) groups is 3. The molecule has 8 nitrogen and oxygen atoms in total. The summed E-state index contributed by atoms with van der Waals surface area (Å²) in [6.07, 6.45) is 0.100. The Morgan fingerprint density at radius 2 is 1.87 bits per heavy atom. The van der Waals surface area contributed by atoms with Gasteiger partial charge in [0.05, 0.1) is 25.5 Å². The summed E-state index contributed by atoms with van der Waals surface area (Å²) >= 11 is 0. The Kier molecular flexibility index (Phi) is 5.18. The van der Waals surface area contributed by atoms with Crippen molar-refractivity contribution in [3.8, 4) is 11.5 Å². The van der Waals surface area contributed by atoms with E-state index in [0.717, 1.165) is 10.5 Å². The normalized spacial score (nSPS) is 27.4. The zero-order valence-corrected chi connectivity index (χ0v) is 17.2. The van der Waals surface area contributed by atoms with E-state index in [9.17, 15) is 24.6 Å². The highest BCUT2D eigenvalue weighted by Crippen LogP contribution is 2.52. The molecule has 0 saturated carbocycles. The number of phenolic OH excluding ortho intramolecular Hbond substituents is 1. The third-order valence-electron chi connectivity index (χ3n) is 6.44. The van der Waals surface area contributed by atoms with Crippen LogP contribution in [0.4, 0.5) is 0 Å². The predicted octanol–water partition coefficient (Wildman–Crippen LogP) is 2.08. The smallest absolute Gasteiger partial charge is 0.324 e. The van der Waals surface area contributed by atoms with Crippen molar-refractivity contribution in [1.29, 1.82) is 0 Å². The van der Waals surface area contributed by atoms with Crippen LogP contribution in [0, 0.1) is 11.8 Å². The number of aromatic hydroxyl groups is 1. The average molecular weight is 424 g/mol. The quantitative estimate of drug-likeness (QED) is 0.608. The van der Waals surface area contributed by atoms with Crippen LogP contribution in [0.2, 0.25) is 0 Å². The number of hydrogen-bond acceptors (Lipinski definition) is 6. The van der Waals surface area contributed by atoms with E-state index in [2.05, 4.69) is 5.32 Å². The monoisotopic (exact) mass is 424 g/mol. The second kappa shape index (κ2) is 7.70. The molecule has 0 radical (unpaired) electrons. The van der Waals surface area contributed by atoms with Crippen LogP contribution in [0.3, 0.4) is 0 Å². The summed E-state index contributed by atoms with van der Waals surface area (Å²) in [5, 5.41) is 23.6. The van der Waals surface area contributed by atoms with Crippen LogP contribution in [0.15, 0.2) is 48.5 Å². The van der Waals surface area contributed by atoms with Crippen LogP contribution in [-0.2, 0) is 20.9 Å². The van der Waals surface area contributed by atoms with Crippen LogP contribution in [0.5, 0.6) is 11.5 Å². The van der Waals surface area contributed by atoms with Gasteiger partial charge in [0.15, 0.2) is 0 Å². The molecule has 2 fully saturated rings. The lowest BCUT2D eigenvalue weighted by Crippen LogP contribution is -2.55. The first kappa shape index (κ1) is 20.9. The largest absolute Gasteiger partial charge is 0.508 e. The topological polar surface area (TPSA) is 116 Å². The highest BCUT2D eigenvalue weighted by molar-refractivity contribution is 6.09. The number of aliphatic carboxylic acids is 1. The Hall–Kier alpha value is -3.39. The Labute approximate surface area is 179 Å². The van der Waals surface area contributed by atoms with Crippen LogP contribution in [-0.4, -0.2) is 45.5 Å². The maximum atomic E-state index is 13.4. The summed E-state index contributed by atoms with van der Waals surface area (Å²) in [6.45, 7) is 1.74. The molecule has 0 aliphatic carbocycles. The molecular formula is C23H24N2O6. The van der Waals surface area contributed by atoms with Crippen molar-refractivity contribution in [3.63, 3.8) is 0 Å². The van der Waals surface area contributed by atoms with Gasteiger partial charge in [-0.25, -0.2) is 0 Å². The van der Waals surface area contributed by atoms with Gasteiger partial charge in [-0.15, -0.1) is 0 Å². The van der Waals surface area contributed by atoms with Gasteiger partial charge in [0, 0.05) is 11.6 Å². The average Bonchev–Trinajstić information content (AvgIpc) is 3.25. The van der Waals surface area contributed by atoms with Crippen LogP contribution < -0.4 is 10.1 Å². The van der Waals surface area contributed by atoms with Crippen molar-refractivity contribution in [2.75, 3.05) is 7.11 Å². The standard InChI is InChI=1S/C23H24N2O6/c1-3-23(22(29)30)18-17(19(24-23)15-11-14(31-2)9-10-16(15)26)20(27)25(21(18)28)12-13-7-5-4-6-8-13/h4-11,17-19,24,26H,3,12H2,1-2H3,(H,29,30)/t17-,18+,19-,23+/m1/s1. The third-order valence-corrected chi connectivity index (χ3v) is 6.44. The summed E-state index contributed by atoms with van der Waals surface area (Å²) in [7, 11) is 1.47. The van der Waals surface area contributed by atoms with Gasteiger partial charge >= 0.3 is 5.97 Å². The number of nitrogens with one attached hydrogen (secondary N) is 1. The molecule has 2 aliphatic rings. The zero-order chi connectivity index (χ0) is 22.3. The van der Waals surface area contributed by atoms with Crippen molar-refractivity contribution in [2.24, 2.45) is 11.8 Å². The maximum absolute atomic E-state index is 13.4. The molecule has 4 atom stereocenters. The fraction of sp³-hybridized carbons (Fsp3) is 0.348. The molecule has 2 amide bonds. The van der Waals surface area contributed by atoms with E-state index < -0.39 is 41.2 Å². The van der Waals surface area contributed by atoms with Gasteiger partial charge < -0.3 is 14.9 Å². The Morgan fingerprint density at radius 1 is 1.16 bits per heavy atom. The Bertz CT molecular complexity index is 1040. The molecule has 8 heteroatoms. The van der Waals surface area contributed by atoms with E-state index in [1.54, 1.807) is 19.1 Å². The number of amides is 2. The molecule has 0 spiro atoms. The second-order valence-electron chi connectivity index (χ2n) is 7.93. The fourth-order valence-electron chi connectivity index (χ4n) is 4.83. The molecule has 2 aromatic rings. The number of hydrogen-bond donors (Lipinski definition) is 3. The number of ether oxygens (including phenoxy) is 1. The van der Waals surface area contributed by atoms with Gasteiger partial charge in [-0.2, -0.15) is 0 Å². The highest BCUT2D eigenvalue weighted by atomic mass is 16.5. The molecule has 2 saturated heterocycles.